The number of ether oxygens (including phenoxy) is 1. The van der Waals surface area contributed by atoms with Crippen molar-refractivity contribution in [2.24, 2.45) is 0 Å². The molecule has 21 heavy (non-hydrogen) atoms. The molecule has 6 nitrogen and oxygen atoms in total. The summed E-state index contributed by atoms with van der Waals surface area (Å²) in [5.41, 5.74) is 0.987. The first-order valence-corrected chi connectivity index (χ1v) is 6.65. The van der Waals surface area contributed by atoms with Gasteiger partial charge < -0.3 is 14.7 Å². The zero-order valence-electron chi connectivity index (χ0n) is 12.9. The molecule has 1 N–H and O–H groups in total. The highest BCUT2D eigenvalue weighted by Crippen LogP contribution is 2.12. The minimum absolute atomic E-state index is 0.0696. The van der Waals surface area contributed by atoms with Crippen LogP contribution >= 0.6 is 0 Å². The van der Waals surface area contributed by atoms with Crippen molar-refractivity contribution in [1.82, 2.24) is 9.80 Å². The van der Waals surface area contributed by atoms with Gasteiger partial charge in [-0.05, 0) is 31.7 Å². The van der Waals surface area contributed by atoms with E-state index in [2.05, 4.69) is 0 Å². The molecule has 0 aliphatic carbocycles. The summed E-state index contributed by atoms with van der Waals surface area (Å²) in [7, 11) is 4.92. The highest BCUT2D eigenvalue weighted by molar-refractivity contribution is 5.79. The van der Waals surface area contributed by atoms with Crippen molar-refractivity contribution < 1.29 is 19.4 Å². The Labute approximate surface area is 124 Å². The molecular weight excluding hydrogens is 272 g/mol. The zero-order chi connectivity index (χ0) is 16.0. The largest absolute Gasteiger partial charge is 0.497 e. The van der Waals surface area contributed by atoms with Crippen LogP contribution in [0.15, 0.2) is 24.3 Å². The normalized spacial score (nSPS) is 12.0. The summed E-state index contributed by atoms with van der Waals surface area (Å²) in [4.78, 5) is 26.0. The molecule has 0 fully saturated rings. The van der Waals surface area contributed by atoms with Crippen molar-refractivity contribution in [2.75, 3.05) is 27.7 Å². The molecule has 1 unspecified atom stereocenters. The molecule has 1 aromatic carbocycles. The molecule has 6 heteroatoms. The maximum atomic E-state index is 12.1. The van der Waals surface area contributed by atoms with Gasteiger partial charge in [0.2, 0.25) is 5.91 Å². The molecule has 0 aliphatic rings. The quantitative estimate of drug-likeness (QED) is 0.814. The second-order valence-electron chi connectivity index (χ2n) is 5.03. The van der Waals surface area contributed by atoms with E-state index in [1.54, 1.807) is 33.0 Å². The van der Waals surface area contributed by atoms with Crippen LogP contribution in [0, 0.1) is 0 Å². The van der Waals surface area contributed by atoms with E-state index < -0.39 is 12.0 Å². The number of methoxy groups -OCH3 is 1. The molecule has 0 bridgehead atoms. The van der Waals surface area contributed by atoms with Crippen molar-refractivity contribution in [3.05, 3.63) is 29.8 Å². The van der Waals surface area contributed by atoms with Gasteiger partial charge in [-0.3, -0.25) is 14.5 Å². The van der Waals surface area contributed by atoms with Crippen LogP contribution < -0.4 is 4.74 Å². The third kappa shape index (κ3) is 5.07. The molecule has 1 atom stereocenters. The number of nitrogens with zero attached hydrogens (tertiary/aromatic N) is 2. The van der Waals surface area contributed by atoms with Crippen LogP contribution in [-0.4, -0.2) is 60.6 Å². The Balaban J connectivity index is 2.55. The first-order chi connectivity index (χ1) is 9.85. The SMILES string of the molecule is COc1ccc(CN(C)C(=O)CN(C)C(C)C(=O)O)cc1. The van der Waals surface area contributed by atoms with Crippen molar-refractivity contribution in [3.63, 3.8) is 0 Å². The lowest BCUT2D eigenvalue weighted by Gasteiger charge is -2.24. The van der Waals surface area contributed by atoms with E-state index in [1.165, 1.54) is 4.90 Å². The van der Waals surface area contributed by atoms with Crippen molar-refractivity contribution in [1.29, 1.82) is 0 Å². The monoisotopic (exact) mass is 294 g/mol. The Morgan fingerprint density at radius 3 is 2.29 bits per heavy atom. The molecule has 0 radical (unpaired) electrons. The first kappa shape index (κ1) is 17.0. The minimum Gasteiger partial charge on any atom is -0.497 e. The van der Waals surface area contributed by atoms with Gasteiger partial charge in [0.25, 0.3) is 0 Å². The van der Waals surface area contributed by atoms with E-state index in [9.17, 15) is 9.59 Å². The van der Waals surface area contributed by atoms with Crippen LogP contribution in [0.1, 0.15) is 12.5 Å². The summed E-state index contributed by atoms with van der Waals surface area (Å²) < 4.78 is 5.08. The fourth-order valence-electron chi connectivity index (χ4n) is 1.75. The second-order valence-corrected chi connectivity index (χ2v) is 5.03. The van der Waals surface area contributed by atoms with Gasteiger partial charge in [0.05, 0.1) is 13.7 Å². The maximum Gasteiger partial charge on any atom is 0.320 e. The Kier molecular flexibility index (Phi) is 6.17. The fourth-order valence-corrected chi connectivity index (χ4v) is 1.75. The number of carbonyl (C=O) groups is 2. The number of amides is 1. The fraction of sp³-hybridized carbons (Fsp3) is 0.467. The number of hydrogen-bond donors (Lipinski definition) is 1. The lowest BCUT2D eigenvalue weighted by molar-refractivity contribution is -0.143. The number of likely N-dealkylation sites (N-methyl/N-ethyl adjacent to an activating group) is 2. The average Bonchev–Trinajstić information content (AvgIpc) is 2.46. The Morgan fingerprint density at radius 1 is 1.24 bits per heavy atom. The van der Waals surface area contributed by atoms with Gasteiger partial charge in [0, 0.05) is 13.6 Å². The Hall–Kier alpha value is -2.08. The Bertz CT molecular complexity index is 487. The maximum absolute atomic E-state index is 12.1. The first-order valence-electron chi connectivity index (χ1n) is 6.65. The molecule has 1 amide bonds. The molecule has 116 valence electrons. The standard InChI is InChI=1S/C15H22N2O4/c1-11(15(19)20)16(2)10-14(18)17(3)9-12-5-7-13(21-4)8-6-12/h5-8,11H,9-10H2,1-4H3,(H,19,20). The lowest BCUT2D eigenvalue weighted by Crippen LogP contribution is -2.43. The smallest absolute Gasteiger partial charge is 0.320 e. The van der Waals surface area contributed by atoms with Gasteiger partial charge in [-0.15, -0.1) is 0 Å². The van der Waals surface area contributed by atoms with Gasteiger partial charge in [-0.2, -0.15) is 0 Å². The van der Waals surface area contributed by atoms with E-state index in [1.807, 2.05) is 24.3 Å². The zero-order valence-corrected chi connectivity index (χ0v) is 12.9. The molecule has 0 heterocycles. The third-order valence-electron chi connectivity index (χ3n) is 3.41. The van der Waals surface area contributed by atoms with Crippen LogP contribution in [0.25, 0.3) is 0 Å². The molecule has 0 aromatic heterocycles. The van der Waals surface area contributed by atoms with E-state index >= 15 is 0 Å². The predicted octanol–water partition coefficient (Wildman–Crippen LogP) is 1.06. The number of carboxylic acid groups (broad SMARTS) is 1. The number of benzene rings is 1. The highest BCUT2D eigenvalue weighted by atomic mass is 16.5. The summed E-state index contributed by atoms with van der Waals surface area (Å²) in [5.74, 6) is -0.299. The Morgan fingerprint density at radius 2 is 1.81 bits per heavy atom. The summed E-state index contributed by atoms with van der Waals surface area (Å²) >= 11 is 0. The van der Waals surface area contributed by atoms with Gasteiger partial charge >= 0.3 is 5.97 Å². The summed E-state index contributed by atoms with van der Waals surface area (Å²) in [6, 6.07) is 6.78. The van der Waals surface area contributed by atoms with Crippen molar-refractivity contribution in [3.8, 4) is 5.75 Å². The number of aliphatic carboxylic acids is 1. The van der Waals surface area contributed by atoms with Gasteiger partial charge in [0.15, 0.2) is 0 Å². The molecule has 0 saturated carbocycles. The molecule has 0 saturated heterocycles. The van der Waals surface area contributed by atoms with Crippen molar-refractivity contribution >= 4 is 11.9 Å². The number of carbonyl (C=O) groups excluding carboxylic acids is 1. The van der Waals surface area contributed by atoms with Gasteiger partial charge in [-0.1, -0.05) is 12.1 Å². The van der Waals surface area contributed by atoms with Crippen LogP contribution in [0.4, 0.5) is 0 Å². The topological polar surface area (TPSA) is 70.1 Å². The molecule has 1 rings (SSSR count). The minimum atomic E-state index is -0.942. The van der Waals surface area contributed by atoms with Crippen LogP contribution in [0.5, 0.6) is 5.75 Å². The summed E-state index contributed by atoms with van der Waals surface area (Å²) in [5, 5.41) is 8.91. The number of hydrogen-bond acceptors (Lipinski definition) is 4. The summed E-state index contributed by atoms with van der Waals surface area (Å²) in [6.07, 6.45) is 0. The van der Waals surface area contributed by atoms with Gasteiger partial charge in [0.1, 0.15) is 11.8 Å². The van der Waals surface area contributed by atoms with E-state index in [-0.39, 0.29) is 12.5 Å². The van der Waals surface area contributed by atoms with Gasteiger partial charge in [-0.25, -0.2) is 0 Å². The van der Waals surface area contributed by atoms with Crippen LogP contribution in [0.3, 0.4) is 0 Å². The number of rotatable bonds is 7. The predicted molar refractivity (Wildman–Crippen MR) is 79.2 cm³/mol. The average molecular weight is 294 g/mol. The number of carboxylic acids is 1. The van der Waals surface area contributed by atoms with E-state index in [4.69, 9.17) is 9.84 Å². The molecule has 1 aromatic rings. The van der Waals surface area contributed by atoms with Crippen LogP contribution in [0.2, 0.25) is 0 Å². The third-order valence-corrected chi connectivity index (χ3v) is 3.41. The van der Waals surface area contributed by atoms with Crippen molar-refractivity contribution in [2.45, 2.75) is 19.5 Å². The summed E-state index contributed by atoms with van der Waals surface area (Å²) in [6.45, 7) is 2.09. The molecule has 0 aliphatic heterocycles. The molecule has 0 spiro atoms. The highest BCUT2D eigenvalue weighted by Gasteiger charge is 2.20. The second kappa shape index (κ2) is 7.64. The van der Waals surface area contributed by atoms with E-state index in [0.29, 0.717) is 6.54 Å². The van der Waals surface area contributed by atoms with Crippen LogP contribution in [-0.2, 0) is 16.1 Å². The molecular formula is C15H22N2O4. The lowest BCUT2D eigenvalue weighted by atomic mass is 10.2. The van der Waals surface area contributed by atoms with E-state index in [0.717, 1.165) is 11.3 Å².